The first-order chi connectivity index (χ1) is 17.1. The molecule has 2 heterocycles. The average molecular weight is 483 g/mol. The number of nitrogens with zero attached hydrogens (tertiary/aromatic N) is 2. The number of esters is 1. The van der Waals surface area contributed by atoms with Gasteiger partial charge < -0.3 is 9.84 Å². The highest BCUT2D eigenvalue weighted by molar-refractivity contribution is 7.07. The molecule has 0 spiro atoms. The van der Waals surface area contributed by atoms with Crippen molar-refractivity contribution in [1.82, 2.24) is 4.57 Å². The number of rotatable bonds is 5. The molecule has 1 aliphatic rings. The van der Waals surface area contributed by atoms with Crippen LogP contribution < -0.4 is 14.9 Å². The van der Waals surface area contributed by atoms with Crippen LogP contribution in [0.5, 0.6) is 5.75 Å². The Morgan fingerprint density at radius 3 is 2.34 bits per heavy atom. The lowest BCUT2D eigenvalue weighted by Gasteiger charge is -2.25. The number of hydrogen-bond acceptors (Lipinski definition) is 6. The van der Waals surface area contributed by atoms with Gasteiger partial charge in [-0.25, -0.2) is 9.79 Å². The molecule has 0 saturated carbocycles. The molecule has 1 atom stereocenters. The summed E-state index contributed by atoms with van der Waals surface area (Å²) >= 11 is 1.26. The molecule has 0 unspecified atom stereocenters. The highest BCUT2D eigenvalue weighted by Gasteiger charge is 2.35. The molecule has 7 heteroatoms. The van der Waals surface area contributed by atoms with E-state index in [1.165, 1.54) is 11.3 Å². The molecule has 1 N–H and O–H groups in total. The van der Waals surface area contributed by atoms with Gasteiger partial charge in [-0.05, 0) is 36.3 Å². The first-order valence-corrected chi connectivity index (χ1v) is 12.0. The third-order valence-corrected chi connectivity index (χ3v) is 6.66. The fourth-order valence-corrected chi connectivity index (χ4v) is 5.11. The zero-order valence-electron chi connectivity index (χ0n) is 18.9. The fraction of sp³-hybridized carbons (Fsp3) is 0.107. The van der Waals surface area contributed by atoms with E-state index in [1.54, 1.807) is 41.8 Å². The van der Waals surface area contributed by atoms with Crippen LogP contribution in [0.25, 0.3) is 11.8 Å². The van der Waals surface area contributed by atoms with Crippen LogP contribution in [0.15, 0.2) is 100 Å². The van der Waals surface area contributed by atoms with E-state index in [-0.39, 0.29) is 17.9 Å². The predicted molar refractivity (Wildman–Crippen MR) is 136 cm³/mol. The summed E-state index contributed by atoms with van der Waals surface area (Å²) < 4.78 is 7.51. The van der Waals surface area contributed by atoms with E-state index in [1.807, 2.05) is 60.7 Å². The minimum Gasteiger partial charge on any atom is -0.508 e. The fourth-order valence-electron chi connectivity index (χ4n) is 4.11. The molecule has 3 aromatic carbocycles. The molecule has 0 saturated heterocycles. The molecule has 1 aromatic heterocycles. The number of aromatic nitrogens is 1. The first-order valence-electron chi connectivity index (χ1n) is 11.2. The van der Waals surface area contributed by atoms with Crippen LogP contribution in [0.3, 0.4) is 0 Å². The van der Waals surface area contributed by atoms with E-state index < -0.39 is 12.0 Å². The maximum Gasteiger partial charge on any atom is 0.338 e. The van der Waals surface area contributed by atoms with E-state index in [0.29, 0.717) is 20.6 Å². The van der Waals surface area contributed by atoms with Gasteiger partial charge >= 0.3 is 5.97 Å². The zero-order valence-corrected chi connectivity index (χ0v) is 19.7. The monoisotopic (exact) mass is 482 g/mol. The van der Waals surface area contributed by atoms with Gasteiger partial charge in [-0.2, -0.15) is 0 Å². The molecule has 0 bridgehead atoms. The number of carbonyl (C=O) groups is 1. The summed E-state index contributed by atoms with van der Waals surface area (Å²) in [6, 6.07) is 24.8. The average Bonchev–Trinajstić information content (AvgIpc) is 3.20. The number of thiazole rings is 1. The largest absolute Gasteiger partial charge is 0.508 e. The van der Waals surface area contributed by atoms with Gasteiger partial charge in [-0.15, -0.1) is 0 Å². The Morgan fingerprint density at radius 1 is 1.03 bits per heavy atom. The highest BCUT2D eigenvalue weighted by Crippen LogP contribution is 2.35. The van der Waals surface area contributed by atoms with Gasteiger partial charge in [0.05, 0.1) is 28.5 Å². The van der Waals surface area contributed by atoms with Crippen LogP contribution in [-0.2, 0) is 9.53 Å². The maximum absolute atomic E-state index is 13.7. The van der Waals surface area contributed by atoms with Gasteiger partial charge in [-0.1, -0.05) is 84.1 Å². The van der Waals surface area contributed by atoms with Crippen LogP contribution in [-0.4, -0.2) is 22.2 Å². The van der Waals surface area contributed by atoms with Crippen LogP contribution >= 0.6 is 11.3 Å². The van der Waals surface area contributed by atoms with E-state index in [4.69, 9.17) is 9.73 Å². The van der Waals surface area contributed by atoms with Crippen molar-refractivity contribution >= 4 is 29.1 Å². The van der Waals surface area contributed by atoms with E-state index in [9.17, 15) is 14.7 Å². The lowest BCUT2D eigenvalue weighted by Crippen LogP contribution is -2.39. The number of benzene rings is 3. The molecule has 0 radical (unpaired) electrons. The quantitative estimate of drug-likeness (QED) is 0.441. The third kappa shape index (κ3) is 4.34. The summed E-state index contributed by atoms with van der Waals surface area (Å²) in [4.78, 5) is 32.3. The number of hydrogen-bond donors (Lipinski definition) is 1. The van der Waals surface area contributed by atoms with Crippen LogP contribution in [0.2, 0.25) is 0 Å². The van der Waals surface area contributed by atoms with Gasteiger partial charge in [0, 0.05) is 5.56 Å². The van der Waals surface area contributed by atoms with Crippen molar-refractivity contribution in [2.24, 2.45) is 4.99 Å². The topological polar surface area (TPSA) is 80.9 Å². The summed E-state index contributed by atoms with van der Waals surface area (Å²) in [5.74, 6) is -0.351. The Kier molecular flexibility index (Phi) is 6.16. The SMILES string of the molecule is CCOC(=O)C1=C(c2ccccc2)N=c2s/c(=C\c3ccc(O)cc3)c(=O)n2[C@@H]1c1ccccc1. The van der Waals surface area contributed by atoms with Gasteiger partial charge in [-0.3, -0.25) is 9.36 Å². The predicted octanol–water partition coefficient (Wildman–Crippen LogP) is 3.64. The molecule has 1 aliphatic heterocycles. The standard InChI is InChI=1S/C28H22N2O4S/c1-2-34-27(33)23-24(19-9-5-3-6-10-19)29-28-30(25(23)20-11-7-4-8-12-20)26(32)22(35-28)17-18-13-15-21(31)16-14-18/h3-17,25,31H,2H2,1H3/b22-17-/t25-/m1/s1. The number of aromatic hydroxyl groups is 1. The van der Waals surface area contributed by atoms with Crippen molar-refractivity contribution < 1.29 is 14.6 Å². The molecule has 0 fully saturated rings. The number of phenolic OH excluding ortho intramolecular Hbond substituents is 1. The molecule has 174 valence electrons. The van der Waals surface area contributed by atoms with Crippen molar-refractivity contribution in [1.29, 1.82) is 0 Å². The lowest BCUT2D eigenvalue weighted by molar-refractivity contribution is -0.138. The molecular formula is C28H22N2O4S. The second-order valence-electron chi connectivity index (χ2n) is 7.93. The Balaban J connectivity index is 1.82. The van der Waals surface area contributed by atoms with Gasteiger partial charge in [0.2, 0.25) is 0 Å². The number of fused-ring (bicyclic) bond motifs is 1. The second-order valence-corrected chi connectivity index (χ2v) is 8.94. The molecule has 0 aliphatic carbocycles. The van der Waals surface area contributed by atoms with Crippen LogP contribution in [0.4, 0.5) is 0 Å². The number of ether oxygens (including phenoxy) is 1. The molecule has 35 heavy (non-hydrogen) atoms. The smallest absolute Gasteiger partial charge is 0.338 e. The van der Waals surface area contributed by atoms with Gasteiger partial charge in [0.25, 0.3) is 5.56 Å². The Labute approximate surface area is 205 Å². The number of carbonyl (C=O) groups excluding carboxylic acids is 1. The maximum atomic E-state index is 13.7. The molecule has 6 nitrogen and oxygen atoms in total. The summed E-state index contributed by atoms with van der Waals surface area (Å²) in [5.41, 5.74) is 2.91. The van der Waals surface area contributed by atoms with E-state index in [2.05, 4.69) is 0 Å². The Morgan fingerprint density at radius 2 is 1.69 bits per heavy atom. The number of phenols is 1. The summed E-state index contributed by atoms with van der Waals surface area (Å²) in [6.07, 6.45) is 1.77. The Bertz CT molecular complexity index is 1580. The molecule has 5 rings (SSSR count). The minimum absolute atomic E-state index is 0.152. The summed E-state index contributed by atoms with van der Waals surface area (Å²) in [5, 5.41) is 9.59. The van der Waals surface area contributed by atoms with Crippen LogP contribution in [0.1, 0.15) is 29.7 Å². The second kappa shape index (κ2) is 9.56. The highest BCUT2D eigenvalue weighted by atomic mass is 32.1. The zero-order chi connectivity index (χ0) is 24.4. The van der Waals surface area contributed by atoms with E-state index in [0.717, 1.165) is 16.7 Å². The normalized spacial score (nSPS) is 15.5. The van der Waals surface area contributed by atoms with Crippen molar-refractivity contribution in [3.8, 4) is 5.75 Å². The van der Waals surface area contributed by atoms with Crippen molar-refractivity contribution in [2.75, 3.05) is 6.61 Å². The summed E-state index contributed by atoms with van der Waals surface area (Å²) in [6.45, 7) is 1.96. The third-order valence-electron chi connectivity index (χ3n) is 5.68. The van der Waals surface area contributed by atoms with Gasteiger partial charge in [0.15, 0.2) is 4.80 Å². The summed E-state index contributed by atoms with van der Waals surface area (Å²) in [7, 11) is 0. The van der Waals surface area contributed by atoms with Crippen molar-refractivity contribution in [3.05, 3.63) is 127 Å². The van der Waals surface area contributed by atoms with Crippen LogP contribution in [0, 0.1) is 0 Å². The van der Waals surface area contributed by atoms with Gasteiger partial charge in [0.1, 0.15) is 5.75 Å². The van der Waals surface area contributed by atoms with E-state index >= 15 is 0 Å². The molecular weight excluding hydrogens is 460 g/mol. The minimum atomic E-state index is -0.691. The van der Waals surface area contributed by atoms with Crippen molar-refractivity contribution in [2.45, 2.75) is 13.0 Å². The van der Waals surface area contributed by atoms with Crippen molar-refractivity contribution in [3.63, 3.8) is 0 Å². The molecule has 4 aromatic rings. The molecule has 0 amide bonds. The lowest BCUT2D eigenvalue weighted by atomic mass is 9.93. The Hall–Kier alpha value is -4.23. The first kappa shape index (κ1) is 22.6.